The highest BCUT2D eigenvalue weighted by atomic mass is 32.2. The average molecular weight is 191 g/mol. The van der Waals surface area contributed by atoms with Gasteiger partial charge in [0.25, 0.3) is 0 Å². The van der Waals surface area contributed by atoms with Gasteiger partial charge in [0.15, 0.2) is 9.84 Å². The van der Waals surface area contributed by atoms with Crippen LogP contribution in [0.3, 0.4) is 0 Å². The molecule has 0 bridgehead atoms. The van der Waals surface area contributed by atoms with Crippen molar-refractivity contribution < 1.29 is 8.42 Å². The molecule has 1 aliphatic heterocycles. The van der Waals surface area contributed by atoms with E-state index in [-0.39, 0.29) is 5.88 Å². The second kappa shape index (κ2) is 4.23. The zero-order chi connectivity index (χ0) is 9.03. The lowest BCUT2D eigenvalue weighted by Gasteiger charge is -2.11. The zero-order valence-electron chi connectivity index (χ0n) is 7.62. The Morgan fingerprint density at radius 2 is 2.08 bits per heavy atom. The highest BCUT2D eigenvalue weighted by Gasteiger charge is 2.24. The van der Waals surface area contributed by atoms with Crippen molar-refractivity contribution in [2.75, 3.05) is 24.7 Å². The Balaban J connectivity index is 2.20. The van der Waals surface area contributed by atoms with Crippen molar-refractivity contribution in [1.29, 1.82) is 0 Å². The second-order valence-corrected chi connectivity index (χ2v) is 5.56. The summed E-state index contributed by atoms with van der Waals surface area (Å²) in [4.78, 5) is 2.03. The molecule has 0 aromatic rings. The number of hydrogen-bond acceptors (Lipinski definition) is 3. The third-order valence-corrected chi connectivity index (χ3v) is 3.74. The highest BCUT2D eigenvalue weighted by molar-refractivity contribution is 7.91. The van der Waals surface area contributed by atoms with Gasteiger partial charge in [0, 0.05) is 6.54 Å². The summed E-state index contributed by atoms with van der Waals surface area (Å²) >= 11 is 0. The molecule has 3 nitrogen and oxygen atoms in total. The molecule has 12 heavy (non-hydrogen) atoms. The molecule has 1 aliphatic rings. The average Bonchev–Trinajstić information content (AvgIpc) is 2.31. The molecule has 0 unspecified atom stereocenters. The number of unbranched alkanes of at least 4 members (excludes halogenated alkanes) is 2. The molecule has 1 heterocycles. The Bertz CT molecular complexity index is 223. The summed E-state index contributed by atoms with van der Waals surface area (Å²) in [6.07, 6.45) is 3.53. The largest absolute Gasteiger partial charge is 0.289 e. The molecule has 4 heteroatoms. The third-order valence-electron chi connectivity index (χ3n) is 2.18. The van der Waals surface area contributed by atoms with Crippen LogP contribution in [0.25, 0.3) is 0 Å². The summed E-state index contributed by atoms with van der Waals surface area (Å²) in [5, 5.41) is 0. The molecule has 1 fully saturated rings. The first kappa shape index (κ1) is 9.99. The normalized spacial score (nSPS) is 23.1. The van der Waals surface area contributed by atoms with E-state index in [2.05, 4.69) is 6.92 Å². The van der Waals surface area contributed by atoms with E-state index >= 15 is 0 Å². The van der Waals surface area contributed by atoms with E-state index < -0.39 is 9.84 Å². The number of hydrogen-bond donors (Lipinski definition) is 0. The van der Waals surface area contributed by atoms with E-state index in [0.29, 0.717) is 5.75 Å². The molecule has 1 rings (SSSR count). The van der Waals surface area contributed by atoms with E-state index in [1.807, 2.05) is 4.90 Å². The Hall–Kier alpha value is -0.0900. The predicted molar refractivity (Wildman–Crippen MR) is 49.8 cm³/mol. The van der Waals surface area contributed by atoms with Gasteiger partial charge in [-0.1, -0.05) is 19.8 Å². The maximum Gasteiger partial charge on any atom is 0.164 e. The van der Waals surface area contributed by atoms with E-state index in [9.17, 15) is 8.42 Å². The SMILES string of the molecule is CCCCCN1CCS(=O)(=O)C1. The lowest BCUT2D eigenvalue weighted by Crippen LogP contribution is -2.21. The summed E-state index contributed by atoms with van der Waals surface area (Å²) in [6.45, 7) is 3.85. The lowest BCUT2D eigenvalue weighted by molar-refractivity contribution is 0.343. The smallest absolute Gasteiger partial charge is 0.164 e. The van der Waals surface area contributed by atoms with Crippen molar-refractivity contribution >= 4 is 9.84 Å². The zero-order valence-corrected chi connectivity index (χ0v) is 8.44. The van der Waals surface area contributed by atoms with Crippen molar-refractivity contribution in [3.63, 3.8) is 0 Å². The number of sulfone groups is 1. The summed E-state index contributed by atoms with van der Waals surface area (Å²) in [5.41, 5.74) is 0. The van der Waals surface area contributed by atoms with E-state index in [0.717, 1.165) is 19.5 Å². The summed E-state index contributed by atoms with van der Waals surface area (Å²) in [5.74, 6) is 0.649. The van der Waals surface area contributed by atoms with Gasteiger partial charge in [-0.15, -0.1) is 0 Å². The Morgan fingerprint density at radius 3 is 2.58 bits per heavy atom. The highest BCUT2D eigenvalue weighted by Crippen LogP contribution is 2.08. The van der Waals surface area contributed by atoms with Gasteiger partial charge in [-0.05, 0) is 13.0 Å². The number of nitrogens with zero attached hydrogens (tertiary/aromatic N) is 1. The van der Waals surface area contributed by atoms with E-state index in [1.165, 1.54) is 12.8 Å². The minimum absolute atomic E-state index is 0.288. The van der Waals surface area contributed by atoms with Gasteiger partial charge in [0.1, 0.15) is 5.88 Å². The maximum atomic E-state index is 11.0. The fourth-order valence-electron chi connectivity index (χ4n) is 1.44. The minimum Gasteiger partial charge on any atom is -0.289 e. The lowest BCUT2D eigenvalue weighted by atomic mass is 10.2. The molecule has 1 saturated heterocycles. The van der Waals surface area contributed by atoms with Crippen LogP contribution in [0.1, 0.15) is 26.2 Å². The Kier molecular flexibility index (Phi) is 3.53. The van der Waals surface area contributed by atoms with Crippen molar-refractivity contribution in [3.8, 4) is 0 Å². The van der Waals surface area contributed by atoms with Gasteiger partial charge in [-0.3, -0.25) is 4.90 Å². The summed E-state index contributed by atoms with van der Waals surface area (Å²) < 4.78 is 22.1. The topological polar surface area (TPSA) is 37.4 Å². The van der Waals surface area contributed by atoms with Gasteiger partial charge in [0.05, 0.1) is 5.75 Å². The summed E-state index contributed by atoms with van der Waals surface area (Å²) in [7, 11) is -2.71. The number of rotatable bonds is 4. The molecule has 0 aromatic carbocycles. The Labute approximate surface area is 74.7 Å². The molecule has 0 N–H and O–H groups in total. The van der Waals surface area contributed by atoms with Crippen molar-refractivity contribution in [2.24, 2.45) is 0 Å². The van der Waals surface area contributed by atoms with E-state index in [1.54, 1.807) is 0 Å². The molecule has 0 amide bonds. The van der Waals surface area contributed by atoms with Crippen LogP contribution in [-0.2, 0) is 9.84 Å². The maximum absolute atomic E-state index is 11.0. The third kappa shape index (κ3) is 3.11. The molecule has 0 saturated carbocycles. The van der Waals surface area contributed by atoms with Gasteiger partial charge < -0.3 is 0 Å². The molecule has 72 valence electrons. The standard InChI is InChI=1S/C8H17NO2S/c1-2-3-4-5-9-6-7-12(10,11)8-9/h2-8H2,1H3. The van der Waals surface area contributed by atoms with Crippen LogP contribution in [0.2, 0.25) is 0 Å². The van der Waals surface area contributed by atoms with Crippen LogP contribution in [0.5, 0.6) is 0 Å². The first-order valence-electron chi connectivity index (χ1n) is 4.57. The molecule has 0 aliphatic carbocycles. The van der Waals surface area contributed by atoms with Crippen molar-refractivity contribution in [1.82, 2.24) is 4.90 Å². The van der Waals surface area contributed by atoms with Crippen LogP contribution < -0.4 is 0 Å². The molecule has 0 aromatic heterocycles. The van der Waals surface area contributed by atoms with Crippen LogP contribution in [0.4, 0.5) is 0 Å². The fourth-order valence-corrected chi connectivity index (χ4v) is 2.92. The summed E-state index contributed by atoms with van der Waals surface area (Å²) in [6, 6.07) is 0. The van der Waals surface area contributed by atoms with Gasteiger partial charge in [-0.2, -0.15) is 0 Å². The van der Waals surface area contributed by atoms with Gasteiger partial charge in [0.2, 0.25) is 0 Å². The molecule has 0 radical (unpaired) electrons. The van der Waals surface area contributed by atoms with Crippen molar-refractivity contribution in [2.45, 2.75) is 26.2 Å². The molecular formula is C8H17NO2S. The second-order valence-electron chi connectivity index (χ2n) is 3.40. The van der Waals surface area contributed by atoms with Crippen LogP contribution >= 0.6 is 0 Å². The minimum atomic E-state index is -2.71. The van der Waals surface area contributed by atoms with Gasteiger partial charge in [-0.25, -0.2) is 8.42 Å². The molecule has 0 spiro atoms. The van der Waals surface area contributed by atoms with Gasteiger partial charge >= 0.3 is 0 Å². The van der Waals surface area contributed by atoms with Crippen LogP contribution in [0.15, 0.2) is 0 Å². The Morgan fingerprint density at radius 1 is 1.33 bits per heavy atom. The first-order chi connectivity index (χ1) is 5.64. The predicted octanol–water partition coefficient (Wildman–Crippen LogP) is 0.865. The monoisotopic (exact) mass is 191 g/mol. The molecular weight excluding hydrogens is 174 g/mol. The molecule has 0 atom stereocenters. The fraction of sp³-hybridized carbons (Fsp3) is 1.00. The van der Waals surface area contributed by atoms with Crippen LogP contribution in [-0.4, -0.2) is 38.0 Å². The van der Waals surface area contributed by atoms with Crippen LogP contribution in [0, 0.1) is 0 Å². The quantitative estimate of drug-likeness (QED) is 0.619. The van der Waals surface area contributed by atoms with E-state index in [4.69, 9.17) is 0 Å². The van der Waals surface area contributed by atoms with Crippen molar-refractivity contribution in [3.05, 3.63) is 0 Å². The first-order valence-corrected chi connectivity index (χ1v) is 6.39.